The molecule has 0 heterocycles. The van der Waals surface area contributed by atoms with Gasteiger partial charge in [-0.1, -0.05) is 194 Å². The van der Waals surface area contributed by atoms with Crippen LogP contribution in [0.15, 0.2) is 0 Å². The van der Waals surface area contributed by atoms with E-state index in [1.165, 1.54) is 154 Å². The Balaban J connectivity index is 4.31. The Morgan fingerprint density at radius 1 is 0.519 bits per heavy atom. The zero-order chi connectivity index (χ0) is 39.8. The van der Waals surface area contributed by atoms with Crippen LogP contribution in [0.25, 0.3) is 0 Å². The van der Waals surface area contributed by atoms with Gasteiger partial charge in [0, 0.05) is 11.2 Å². The summed E-state index contributed by atoms with van der Waals surface area (Å²) in [5.41, 5.74) is 0. The highest BCUT2D eigenvalue weighted by Crippen LogP contribution is 2.33. The van der Waals surface area contributed by atoms with E-state index in [9.17, 15) is 14.5 Å². The van der Waals surface area contributed by atoms with Crippen molar-refractivity contribution in [1.82, 2.24) is 0 Å². The van der Waals surface area contributed by atoms with E-state index >= 15 is 0 Å². The largest absolute Gasteiger partial charge is 0.781 e. The van der Waals surface area contributed by atoms with Gasteiger partial charge in [-0.2, -0.15) is 9.27 Å². The van der Waals surface area contributed by atoms with Crippen LogP contribution >= 0.6 is 8.60 Å². The van der Waals surface area contributed by atoms with Crippen LogP contribution in [0, 0.1) is 0 Å². The van der Waals surface area contributed by atoms with Crippen molar-refractivity contribution >= 4 is 20.5 Å². The number of carbonyl (C=O) groups is 2. The molecule has 0 aliphatic carbocycles. The minimum absolute atomic E-state index is 0.110. The Morgan fingerprint density at radius 3 is 1.20 bits per heavy atom. The topological polar surface area (TPSA) is 97.0 Å². The molecular formula is C45H90NO7P+. The summed E-state index contributed by atoms with van der Waals surface area (Å²) in [6.07, 6.45) is 37.9. The number of esters is 2. The molecule has 0 fully saturated rings. The molecule has 0 N–H and O–H groups in total. The van der Waals surface area contributed by atoms with E-state index in [-0.39, 0.29) is 29.8 Å². The Hall–Kier alpha value is -0.790. The van der Waals surface area contributed by atoms with E-state index in [1.807, 2.05) is 20.8 Å². The van der Waals surface area contributed by atoms with Gasteiger partial charge in [-0.3, -0.25) is 4.79 Å². The predicted molar refractivity (Wildman–Crippen MR) is 226 cm³/mol. The summed E-state index contributed by atoms with van der Waals surface area (Å²) < 4.78 is 22.7. The van der Waals surface area contributed by atoms with Gasteiger partial charge in [-0.05, 0) is 33.6 Å². The number of nitrogens with zero attached hydrogens (tertiary/aromatic N) is 1. The van der Waals surface area contributed by atoms with Crippen LogP contribution in [0.5, 0.6) is 0 Å². The number of hydrogen-bond acceptors (Lipinski definition) is 7. The summed E-state index contributed by atoms with van der Waals surface area (Å²) in [7, 11) is -2.43. The second-order valence-electron chi connectivity index (χ2n) is 15.8. The average molecular weight is 788 g/mol. The van der Waals surface area contributed by atoms with Crippen LogP contribution < -0.4 is 4.89 Å². The highest BCUT2D eigenvalue weighted by molar-refractivity contribution is 7.38. The molecule has 0 aromatic rings. The molecule has 0 saturated carbocycles. The maximum absolute atomic E-state index is 12.7. The molecule has 0 spiro atoms. The number of hydrogen-bond donors (Lipinski definition) is 0. The molecule has 0 aliphatic heterocycles. The molecule has 0 bridgehead atoms. The van der Waals surface area contributed by atoms with Gasteiger partial charge in [0.25, 0.3) is 0 Å². The van der Waals surface area contributed by atoms with Crippen molar-refractivity contribution < 1.29 is 37.8 Å². The Labute approximate surface area is 336 Å². The van der Waals surface area contributed by atoms with Crippen LogP contribution in [0.4, 0.5) is 0 Å². The third-order valence-electron chi connectivity index (χ3n) is 11.0. The minimum Gasteiger partial charge on any atom is -0.781 e. The highest BCUT2D eigenvalue weighted by atomic mass is 31.2. The fraction of sp³-hybridized carbons (Fsp3) is 0.956. The van der Waals surface area contributed by atoms with Crippen molar-refractivity contribution in [3.63, 3.8) is 0 Å². The van der Waals surface area contributed by atoms with E-state index in [0.717, 1.165) is 38.5 Å². The zero-order valence-electron chi connectivity index (χ0n) is 36.5. The lowest BCUT2D eigenvalue weighted by molar-refractivity contribution is -1.08. The second-order valence-corrected chi connectivity index (χ2v) is 16.7. The third-order valence-corrected chi connectivity index (χ3v) is 11.9. The average Bonchev–Trinajstić information content (AvgIpc) is 3.18. The summed E-state index contributed by atoms with van der Waals surface area (Å²) in [6, 6.07) is 0. The van der Waals surface area contributed by atoms with Gasteiger partial charge < -0.3 is 18.9 Å². The summed E-state index contributed by atoms with van der Waals surface area (Å²) in [6.45, 7) is 12.2. The molecular weight excluding hydrogens is 697 g/mol. The van der Waals surface area contributed by atoms with Gasteiger partial charge in [-0.15, -0.1) is 0 Å². The highest BCUT2D eigenvalue weighted by Gasteiger charge is 2.28. The summed E-state index contributed by atoms with van der Waals surface area (Å²) >= 11 is 0. The smallest absolute Gasteiger partial charge is 0.574 e. The van der Waals surface area contributed by atoms with Crippen molar-refractivity contribution in [2.75, 3.05) is 32.8 Å². The van der Waals surface area contributed by atoms with Gasteiger partial charge in [0.1, 0.15) is 26.1 Å². The molecule has 2 atom stereocenters. The molecule has 0 aromatic carbocycles. The fourth-order valence-corrected chi connectivity index (χ4v) is 8.02. The van der Waals surface area contributed by atoms with Crippen LogP contribution in [0.2, 0.25) is 0 Å². The summed E-state index contributed by atoms with van der Waals surface area (Å²) in [4.78, 5) is 38.0. The van der Waals surface area contributed by atoms with E-state index < -0.39 is 14.7 Å². The summed E-state index contributed by atoms with van der Waals surface area (Å²) in [5.74, 6) is -0.638. The molecule has 0 aromatic heterocycles. The zero-order valence-corrected chi connectivity index (χ0v) is 37.4. The Bertz CT molecular complexity index is 805. The first-order valence-electron chi connectivity index (χ1n) is 23.4. The van der Waals surface area contributed by atoms with E-state index in [0.29, 0.717) is 32.5 Å². The van der Waals surface area contributed by atoms with Gasteiger partial charge in [0.15, 0.2) is 14.7 Å². The molecule has 0 saturated heterocycles. The Kier molecular flexibility index (Phi) is 39.8. The lowest BCUT2D eigenvalue weighted by atomic mass is 10.0. The molecule has 1 radical (unpaired) electrons. The number of carbonyl (C=O) groups excluding carboxylic acids is 2. The standard InChI is InChI=1S/C45H90NO7P/c1-6-11-13-15-17-19-21-23-25-27-29-31-33-35-37-39-44(47)50-41-43(42-51-54(49)53-46(8-3,9-4)10-5)52-45(48)40-38-36-34-32-30-28-26-24-22-20-18-16-14-12-7-2/h43H,6-42H2,1-5H3/q+1/t43-,54?/m1/s1. The molecule has 8 nitrogen and oxygen atoms in total. The van der Waals surface area contributed by atoms with Gasteiger partial charge in [-0.25, -0.2) is 0 Å². The van der Waals surface area contributed by atoms with Gasteiger partial charge >= 0.3 is 11.9 Å². The normalized spacial score (nSPS) is 12.9. The fourth-order valence-electron chi connectivity index (χ4n) is 7.05. The molecule has 0 amide bonds. The molecule has 54 heavy (non-hydrogen) atoms. The number of quaternary nitrogens is 1. The Morgan fingerprint density at radius 2 is 0.852 bits per heavy atom. The maximum atomic E-state index is 12.7. The first-order chi connectivity index (χ1) is 26.4. The number of rotatable bonds is 43. The number of hydroxylamine groups is 3. The first kappa shape index (κ1) is 53.2. The number of unbranched alkanes of at least 4 members (excludes halogenated alkanes) is 28. The van der Waals surface area contributed by atoms with Crippen LogP contribution in [0.1, 0.15) is 240 Å². The van der Waals surface area contributed by atoms with Crippen LogP contribution in [-0.2, 0) is 28.2 Å². The van der Waals surface area contributed by atoms with Crippen molar-refractivity contribution in [2.45, 2.75) is 246 Å². The molecule has 9 heteroatoms. The van der Waals surface area contributed by atoms with E-state index in [1.54, 1.807) is 0 Å². The lowest BCUT2D eigenvalue weighted by Gasteiger charge is -2.37. The van der Waals surface area contributed by atoms with E-state index in [2.05, 4.69) is 13.8 Å². The SMILES string of the molecule is CCCCCCCCCCCCCCCCCC(=O)O[C@H](COC(=[O+])CCCCCCCCCCCCCCCCC)COP([O-])O[N+](CC)(CC)CC. The quantitative estimate of drug-likeness (QED) is 0.0152. The van der Waals surface area contributed by atoms with Gasteiger partial charge in [0.2, 0.25) is 6.61 Å². The molecule has 0 aliphatic rings. The predicted octanol–water partition coefficient (Wildman–Crippen LogP) is 13.4. The molecule has 0 rings (SSSR count). The third kappa shape index (κ3) is 34.5. The van der Waals surface area contributed by atoms with Gasteiger partial charge in [0.05, 0.1) is 6.61 Å². The number of ether oxygens (including phenoxy) is 2. The second kappa shape index (κ2) is 40.4. The first-order valence-corrected chi connectivity index (χ1v) is 24.5. The molecule has 1 unspecified atom stereocenters. The van der Waals surface area contributed by atoms with Crippen LogP contribution in [-0.4, -0.2) is 55.5 Å². The summed E-state index contributed by atoms with van der Waals surface area (Å²) in [5, 5.41) is 0. The van der Waals surface area contributed by atoms with Crippen molar-refractivity contribution in [3.8, 4) is 0 Å². The minimum atomic E-state index is -2.43. The van der Waals surface area contributed by atoms with Crippen molar-refractivity contribution in [2.24, 2.45) is 0 Å². The van der Waals surface area contributed by atoms with Crippen LogP contribution in [0.3, 0.4) is 0 Å². The lowest BCUT2D eigenvalue weighted by Crippen LogP contribution is -2.47. The maximum Gasteiger partial charge on any atom is 0.574 e. The molecule has 321 valence electrons. The van der Waals surface area contributed by atoms with Crippen molar-refractivity contribution in [3.05, 3.63) is 0 Å². The monoisotopic (exact) mass is 788 g/mol. The van der Waals surface area contributed by atoms with Crippen molar-refractivity contribution in [1.29, 1.82) is 0 Å². The van der Waals surface area contributed by atoms with E-state index in [4.69, 9.17) is 18.6 Å².